The maximum absolute atomic E-state index is 12.1. The van der Waals surface area contributed by atoms with Gasteiger partial charge in [-0.1, -0.05) is 31.3 Å². The molecule has 5 heteroatoms. The Morgan fingerprint density at radius 1 is 1.45 bits per heavy atom. The molecule has 0 aliphatic carbocycles. The molecular weight excluding hydrogens is 270 g/mol. The van der Waals surface area contributed by atoms with Crippen LogP contribution in [0, 0.1) is 0 Å². The summed E-state index contributed by atoms with van der Waals surface area (Å²) in [5, 5.41) is 2.99. The first kappa shape index (κ1) is 16.4. The molecule has 0 saturated heterocycles. The van der Waals surface area contributed by atoms with Gasteiger partial charge in [0.2, 0.25) is 5.91 Å². The Morgan fingerprint density at radius 2 is 2.10 bits per heavy atom. The zero-order valence-corrected chi connectivity index (χ0v) is 13.3. The SMILES string of the molecule is CCC(C)NC(=O)C(C)N(C)c1cccc(C(N)=S)c1. The van der Waals surface area contributed by atoms with Crippen LogP contribution in [0.5, 0.6) is 0 Å². The largest absolute Gasteiger partial charge is 0.389 e. The number of benzene rings is 1. The number of likely N-dealkylation sites (N-methyl/N-ethyl adjacent to an activating group) is 1. The van der Waals surface area contributed by atoms with Crippen molar-refractivity contribution in [2.75, 3.05) is 11.9 Å². The second kappa shape index (κ2) is 7.24. The van der Waals surface area contributed by atoms with Crippen molar-refractivity contribution in [3.8, 4) is 0 Å². The Morgan fingerprint density at radius 3 is 2.65 bits per heavy atom. The average Bonchev–Trinajstić information content (AvgIpc) is 2.45. The number of amides is 1. The molecule has 1 rings (SSSR count). The van der Waals surface area contributed by atoms with E-state index < -0.39 is 0 Å². The number of carbonyl (C=O) groups excluding carboxylic acids is 1. The summed E-state index contributed by atoms with van der Waals surface area (Å²) in [6.45, 7) is 5.92. The van der Waals surface area contributed by atoms with Gasteiger partial charge in [-0.15, -0.1) is 0 Å². The van der Waals surface area contributed by atoms with Crippen LogP contribution in [0.1, 0.15) is 32.8 Å². The summed E-state index contributed by atoms with van der Waals surface area (Å²) in [6, 6.07) is 7.51. The standard InChI is InChI=1S/C15H23N3OS/c1-5-10(2)17-15(19)11(3)18(4)13-8-6-7-12(9-13)14(16)20/h6-11H,5H2,1-4H3,(H2,16,20)(H,17,19). The van der Waals surface area contributed by atoms with Gasteiger partial charge in [0.05, 0.1) is 0 Å². The molecule has 0 saturated carbocycles. The minimum absolute atomic E-state index is 0.0163. The summed E-state index contributed by atoms with van der Waals surface area (Å²) in [6.07, 6.45) is 0.916. The van der Waals surface area contributed by atoms with Crippen molar-refractivity contribution < 1.29 is 4.79 Å². The number of hydrogen-bond acceptors (Lipinski definition) is 3. The molecular formula is C15H23N3OS. The number of nitrogens with one attached hydrogen (secondary N) is 1. The predicted molar refractivity (Wildman–Crippen MR) is 88.1 cm³/mol. The lowest BCUT2D eigenvalue weighted by atomic mass is 10.1. The van der Waals surface area contributed by atoms with E-state index in [9.17, 15) is 4.79 Å². The molecule has 3 N–H and O–H groups in total. The molecule has 0 bridgehead atoms. The van der Waals surface area contributed by atoms with E-state index in [1.54, 1.807) is 0 Å². The molecule has 110 valence electrons. The van der Waals surface area contributed by atoms with E-state index in [-0.39, 0.29) is 18.0 Å². The first-order valence-electron chi connectivity index (χ1n) is 6.79. The first-order valence-corrected chi connectivity index (χ1v) is 7.20. The Kier molecular flexibility index (Phi) is 5.95. The molecule has 0 fully saturated rings. The van der Waals surface area contributed by atoms with Crippen molar-refractivity contribution >= 4 is 28.8 Å². The van der Waals surface area contributed by atoms with Gasteiger partial charge in [-0.05, 0) is 32.4 Å². The van der Waals surface area contributed by atoms with E-state index in [2.05, 4.69) is 5.32 Å². The maximum atomic E-state index is 12.1. The summed E-state index contributed by atoms with van der Waals surface area (Å²) in [5.74, 6) is 0.0163. The molecule has 0 aliphatic heterocycles. The molecule has 4 nitrogen and oxygen atoms in total. The lowest BCUT2D eigenvalue weighted by Gasteiger charge is -2.27. The third-order valence-electron chi connectivity index (χ3n) is 3.50. The van der Waals surface area contributed by atoms with Crippen molar-refractivity contribution in [3.63, 3.8) is 0 Å². The summed E-state index contributed by atoms with van der Waals surface area (Å²) in [5.41, 5.74) is 7.36. The lowest BCUT2D eigenvalue weighted by molar-refractivity contribution is -0.122. The summed E-state index contributed by atoms with van der Waals surface area (Å²) < 4.78 is 0. The van der Waals surface area contributed by atoms with Crippen molar-refractivity contribution in [1.82, 2.24) is 5.32 Å². The third kappa shape index (κ3) is 4.20. The molecule has 20 heavy (non-hydrogen) atoms. The zero-order chi connectivity index (χ0) is 15.3. The van der Waals surface area contributed by atoms with Gasteiger partial charge < -0.3 is 16.0 Å². The first-order chi connectivity index (χ1) is 9.36. The minimum atomic E-state index is -0.259. The fourth-order valence-corrected chi connectivity index (χ4v) is 1.87. The third-order valence-corrected chi connectivity index (χ3v) is 3.74. The van der Waals surface area contributed by atoms with Crippen LogP contribution in [-0.2, 0) is 4.79 Å². The van der Waals surface area contributed by atoms with E-state index in [1.807, 2.05) is 57.0 Å². The van der Waals surface area contributed by atoms with Crippen LogP contribution in [0.3, 0.4) is 0 Å². The topological polar surface area (TPSA) is 58.4 Å². The van der Waals surface area contributed by atoms with Gasteiger partial charge in [-0.25, -0.2) is 0 Å². The van der Waals surface area contributed by atoms with Gasteiger partial charge in [-0.3, -0.25) is 4.79 Å². The van der Waals surface area contributed by atoms with E-state index in [0.29, 0.717) is 4.99 Å². The minimum Gasteiger partial charge on any atom is -0.389 e. The molecule has 1 amide bonds. The van der Waals surface area contributed by atoms with Crippen molar-refractivity contribution in [3.05, 3.63) is 29.8 Å². The van der Waals surface area contributed by atoms with Gasteiger partial charge in [0.15, 0.2) is 0 Å². The molecule has 0 spiro atoms. The van der Waals surface area contributed by atoms with Crippen LogP contribution in [-0.4, -0.2) is 30.0 Å². The molecule has 0 aliphatic rings. The molecule has 0 aromatic heterocycles. The van der Waals surface area contributed by atoms with Crippen LogP contribution in [0.2, 0.25) is 0 Å². The quantitative estimate of drug-likeness (QED) is 0.788. The average molecular weight is 293 g/mol. The Balaban J connectivity index is 2.83. The fraction of sp³-hybridized carbons (Fsp3) is 0.467. The van der Waals surface area contributed by atoms with E-state index in [1.165, 1.54) is 0 Å². The van der Waals surface area contributed by atoms with Gasteiger partial charge in [0, 0.05) is 24.3 Å². The van der Waals surface area contributed by atoms with Crippen LogP contribution >= 0.6 is 12.2 Å². The number of nitrogens with zero attached hydrogens (tertiary/aromatic N) is 1. The summed E-state index contributed by atoms with van der Waals surface area (Å²) in [7, 11) is 1.89. The maximum Gasteiger partial charge on any atom is 0.242 e. The molecule has 2 atom stereocenters. The summed E-state index contributed by atoms with van der Waals surface area (Å²) >= 11 is 4.98. The van der Waals surface area contributed by atoms with Crippen LogP contribution in [0.4, 0.5) is 5.69 Å². The molecule has 0 radical (unpaired) electrons. The van der Waals surface area contributed by atoms with Crippen LogP contribution in [0.25, 0.3) is 0 Å². The van der Waals surface area contributed by atoms with E-state index >= 15 is 0 Å². The molecule has 0 heterocycles. The zero-order valence-electron chi connectivity index (χ0n) is 12.5. The van der Waals surface area contributed by atoms with E-state index in [0.717, 1.165) is 17.7 Å². The van der Waals surface area contributed by atoms with Gasteiger partial charge in [0.25, 0.3) is 0 Å². The van der Waals surface area contributed by atoms with E-state index in [4.69, 9.17) is 18.0 Å². The number of thiocarbonyl (C=S) groups is 1. The lowest BCUT2D eigenvalue weighted by Crippen LogP contribution is -2.46. The predicted octanol–water partition coefficient (Wildman–Crippen LogP) is 2.06. The normalized spacial score (nSPS) is 13.4. The van der Waals surface area contributed by atoms with Crippen molar-refractivity contribution in [1.29, 1.82) is 0 Å². The fourth-order valence-electron chi connectivity index (χ4n) is 1.74. The highest BCUT2D eigenvalue weighted by Gasteiger charge is 2.19. The monoisotopic (exact) mass is 293 g/mol. The van der Waals surface area contributed by atoms with Crippen LogP contribution < -0.4 is 16.0 Å². The highest BCUT2D eigenvalue weighted by molar-refractivity contribution is 7.80. The Labute approximate surface area is 126 Å². The van der Waals surface area contributed by atoms with Crippen molar-refractivity contribution in [2.24, 2.45) is 5.73 Å². The second-order valence-electron chi connectivity index (χ2n) is 5.02. The number of anilines is 1. The molecule has 1 aromatic carbocycles. The number of nitrogens with two attached hydrogens (primary N) is 1. The smallest absolute Gasteiger partial charge is 0.242 e. The van der Waals surface area contributed by atoms with Crippen molar-refractivity contribution in [2.45, 2.75) is 39.3 Å². The number of rotatable bonds is 6. The Hall–Kier alpha value is -1.62. The number of carbonyl (C=O) groups is 1. The highest BCUT2D eigenvalue weighted by atomic mass is 32.1. The number of hydrogen-bond donors (Lipinski definition) is 2. The second-order valence-corrected chi connectivity index (χ2v) is 5.46. The van der Waals surface area contributed by atoms with Gasteiger partial charge in [-0.2, -0.15) is 0 Å². The van der Waals surface area contributed by atoms with Gasteiger partial charge in [0.1, 0.15) is 11.0 Å². The summed E-state index contributed by atoms with van der Waals surface area (Å²) in [4.78, 5) is 14.4. The molecule has 1 aromatic rings. The van der Waals surface area contributed by atoms with Gasteiger partial charge >= 0.3 is 0 Å². The molecule has 2 unspecified atom stereocenters. The Bertz CT molecular complexity index is 490. The van der Waals surface area contributed by atoms with Crippen LogP contribution in [0.15, 0.2) is 24.3 Å². The highest BCUT2D eigenvalue weighted by Crippen LogP contribution is 2.17.